The van der Waals surface area contributed by atoms with Crippen LogP contribution in [0.5, 0.6) is 0 Å². The lowest BCUT2D eigenvalue weighted by Crippen LogP contribution is -2.48. The molecule has 3 rings (SSSR count). The topological polar surface area (TPSA) is 82.5 Å². The van der Waals surface area contributed by atoms with Gasteiger partial charge in [-0.25, -0.2) is 4.79 Å². The summed E-state index contributed by atoms with van der Waals surface area (Å²) in [5.74, 6) is -1.34. The number of amides is 2. The van der Waals surface area contributed by atoms with E-state index in [9.17, 15) is 14.7 Å². The fourth-order valence-corrected chi connectivity index (χ4v) is 3.21. The summed E-state index contributed by atoms with van der Waals surface area (Å²) in [6.45, 7) is 2.82. The number of urea groups is 1. The van der Waals surface area contributed by atoms with Crippen molar-refractivity contribution in [3.63, 3.8) is 0 Å². The number of carboxylic acid groups (broad SMARTS) is 1. The molecule has 0 radical (unpaired) electrons. The number of hydrogen-bond donors (Lipinski definition) is 2. The molecule has 1 fully saturated rings. The SMILES string of the molecule is Cc1ccc(C(NC(=O)N2CCCC(C(=O)O)C2)c2ccccn2)cc1. The predicted octanol–water partition coefficient (Wildman–Crippen LogP) is 2.99. The molecule has 0 bridgehead atoms. The summed E-state index contributed by atoms with van der Waals surface area (Å²) in [7, 11) is 0. The summed E-state index contributed by atoms with van der Waals surface area (Å²) in [5, 5.41) is 12.3. The summed E-state index contributed by atoms with van der Waals surface area (Å²) in [4.78, 5) is 30.0. The molecule has 0 saturated carbocycles. The zero-order valence-corrected chi connectivity index (χ0v) is 14.8. The van der Waals surface area contributed by atoms with Gasteiger partial charge in [0.15, 0.2) is 0 Å². The molecule has 2 atom stereocenters. The van der Waals surface area contributed by atoms with Gasteiger partial charge >= 0.3 is 12.0 Å². The molecule has 1 aliphatic heterocycles. The number of benzene rings is 1. The summed E-state index contributed by atoms with van der Waals surface area (Å²) in [5.41, 5.74) is 2.83. The monoisotopic (exact) mass is 353 g/mol. The van der Waals surface area contributed by atoms with Crippen molar-refractivity contribution in [2.24, 2.45) is 5.92 Å². The van der Waals surface area contributed by atoms with Gasteiger partial charge in [-0.15, -0.1) is 0 Å². The first-order valence-electron chi connectivity index (χ1n) is 8.80. The predicted molar refractivity (Wildman–Crippen MR) is 97.7 cm³/mol. The van der Waals surface area contributed by atoms with E-state index < -0.39 is 11.9 Å². The van der Waals surface area contributed by atoms with E-state index in [0.717, 1.165) is 16.8 Å². The van der Waals surface area contributed by atoms with Gasteiger partial charge in [-0.1, -0.05) is 35.9 Å². The molecular formula is C20H23N3O3. The van der Waals surface area contributed by atoms with Crippen LogP contribution < -0.4 is 5.32 Å². The van der Waals surface area contributed by atoms with Crippen LogP contribution in [0.25, 0.3) is 0 Å². The summed E-state index contributed by atoms with van der Waals surface area (Å²) >= 11 is 0. The van der Waals surface area contributed by atoms with Crippen LogP contribution in [0.1, 0.15) is 35.7 Å². The average Bonchev–Trinajstić information content (AvgIpc) is 2.67. The summed E-state index contributed by atoms with van der Waals surface area (Å²) in [6.07, 6.45) is 3.01. The quantitative estimate of drug-likeness (QED) is 0.885. The lowest BCUT2D eigenvalue weighted by Gasteiger charge is -2.32. The highest BCUT2D eigenvalue weighted by molar-refractivity contribution is 5.77. The highest BCUT2D eigenvalue weighted by Crippen LogP contribution is 2.22. The summed E-state index contributed by atoms with van der Waals surface area (Å²) < 4.78 is 0. The van der Waals surface area contributed by atoms with Gasteiger partial charge in [0.25, 0.3) is 0 Å². The van der Waals surface area contributed by atoms with Crippen LogP contribution >= 0.6 is 0 Å². The Bertz CT molecular complexity index is 762. The van der Waals surface area contributed by atoms with Gasteiger partial charge < -0.3 is 15.3 Å². The van der Waals surface area contributed by atoms with Crippen molar-refractivity contribution in [1.82, 2.24) is 15.2 Å². The van der Waals surface area contributed by atoms with Crippen LogP contribution in [0, 0.1) is 12.8 Å². The molecule has 0 aliphatic carbocycles. The second kappa shape index (κ2) is 7.99. The van der Waals surface area contributed by atoms with Gasteiger partial charge in [0, 0.05) is 19.3 Å². The minimum absolute atomic E-state index is 0.240. The fourth-order valence-electron chi connectivity index (χ4n) is 3.21. The molecule has 2 unspecified atom stereocenters. The molecule has 2 heterocycles. The first-order valence-corrected chi connectivity index (χ1v) is 8.80. The van der Waals surface area contributed by atoms with Gasteiger partial charge in [0.05, 0.1) is 17.7 Å². The Labute approximate surface area is 152 Å². The van der Waals surface area contributed by atoms with E-state index in [1.54, 1.807) is 11.1 Å². The van der Waals surface area contributed by atoms with Crippen LogP contribution in [-0.4, -0.2) is 40.1 Å². The second-order valence-corrected chi connectivity index (χ2v) is 6.67. The molecule has 136 valence electrons. The van der Waals surface area contributed by atoms with Crippen molar-refractivity contribution >= 4 is 12.0 Å². The zero-order valence-electron chi connectivity index (χ0n) is 14.8. The standard InChI is InChI=1S/C20H23N3O3/c1-14-7-9-15(10-8-14)18(17-6-2-3-11-21-17)22-20(26)23-12-4-5-16(13-23)19(24)25/h2-3,6-11,16,18H,4-5,12-13H2,1H3,(H,22,26)(H,24,25). The van der Waals surface area contributed by atoms with E-state index in [1.165, 1.54) is 0 Å². The maximum Gasteiger partial charge on any atom is 0.318 e. The zero-order chi connectivity index (χ0) is 18.5. The van der Waals surface area contributed by atoms with Crippen molar-refractivity contribution in [2.75, 3.05) is 13.1 Å². The minimum atomic E-state index is -0.845. The van der Waals surface area contributed by atoms with E-state index in [0.29, 0.717) is 19.4 Å². The number of carbonyl (C=O) groups is 2. The first-order chi connectivity index (χ1) is 12.5. The number of piperidine rings is 1. The van der Waals surface area contributed by atoms with Crippen LogP contribution in [0.4, 0.5) is 4.79 Å². The van der Waals surface area contributed by atoms with E-state index in [4.69, 9.17) is 0 Å². The largest absolute Gasteiger partial charge is 0.481 e. The average molecular weight is 353 g/mol. The Morgan fingerprint density at radius 2 is 2.00 bits per heavy atom. The lowest BCUT2D eigenvalue weighted by atomic mass is 9.98. The number of aryl methyl sites for hydroxylation is 1. The van der Waals surface area contributed by atoms with Crippen molar-refractivity contribution in [3.8, 4) is 0 Å². The number of aromatic nitrogens is 1. The van der Waals surface area contributed by atoms with E-state index in [2.05, 4.69) is 10.3 Å². The van der Waals surface area contributed by atoms with Crippen LogP contribution in [0.2, 0.25) is 0 Å². The van der Waals surface area contributed by atoms with Gasteiger partial charge in [-0.2, -0.15) is 0 Å². The Morgan fingerprint density at radius 1 is 1.23 bits per heavy atom. The maximum atomic E-state index is 12.8. The number of hydrogen-bond acceptors (Lipinski definition) is 3. The van der Waals surface area contributed by atoms with E-state index >= 15 is 0 Å². The molecule has 6 heteroatoms. The van der Waals surface area contributed by atoms with Gasteiger partial charge in [0.1, 0.15) is 0 Å². The molecule has 1 aromatic carbocycles. The number of carboxylic acids is 1. The van der Waals surface area contributed by atoms with Gasteiger partial charge in [-0.05, 0) is 37.5 Å². The molecule has 2 amide bonds. The van der Waals surface area contributed by atoms with Crippen LogP contribution in [0.3, 0.4) is 0 Å². The molecule has 1 aromatic heterocycles. The number of rotatable bonds is 4. The molecule has 6 nitrogen and oxygen atoms in total. The normalized spacial score (nSPS) is 18.2. The lowest BCUT2D eigenvalue weighted by molar-refractivity contribution is -0.143. The number of likely N-dealkylation sites (tertiary alicyclic amines) is 1. The molecule has 2 N–H and O–H groups in total. The third-order valence-electron chi connectivity index (χ3n) is 4.72. The highest BCUT2D eigenvalue weighted by atomic mass is 16.4. The van der Waals surface area contributed by atoms with Gasteiger partial charge in [-0.3, -0.25) is 9.78 Å². The number of nitrogens with zero attached hydrogens (tertiary/aromatic N) is 2. The van der Waals surface area contributed by atoms with Crippen molar-refractivity contribution in [1.29, 1.82) is 0 Å². The fraction of sp³-hybridized carbons (Fsp3) is 0.350. The Kier molecular flexibility index (Phi) is 5.51. The van der Waals surface area contributed by atoms with Crippen LogP contribution in [0.15, 0.2) is 48.7 Å². The Morgan fingerprint density at radius 3 is 2.65 bits per heavy atom. The van der Waals surface area contributed by atoms with Crippen molar-refractivity contribution < 1.29 is 14.7 Å². The third-order valence-corrected chi connectivity index (χ3v) is 4.72. The molecule has 1 saturated heterocycles. The van der Waals surface area contributed by atoms with Gasteiger partial charge in [0.2, 0.25) is 0 Å². The maximum absolute atomic E-state index is 12.8. The molecule has 1 aliphatic rings. The smallest absolute Gasteiger partial charge is 0.318 e. The molecule has 0 spiro atoms. The molecule has 26 heavy (non-hydrogen) atoms. The van der Waals surface area contributed by atoms with Crippen LogP contribution in [-0.2, 0) is 4.79 Å². The number of aliphatic carboxylic acids is 1. The number of pyridine rings is 1. The Balaban J connectivity index is 1.80. The third kappa shape index (κ3) is 4.20. The Hall–Kier alpha value is -2.89. The van der Waals surface area contributed by atoms with Crippen molar-refractivity contribution in [2.45, 2.75) is 25.8 Å². The molecule has 2 aromatic rings. The minimum Gasteiger partial charge on any atom is -0.481 e. The van der Waals surface area contributed by atoms with E-state index in [-0.39, 0.29) is 18.6 Å². The number of nitrogens with one attached hydrogen (secondary N) is 1. The number of carbonyl (C=O) groups excluding carboxylic acids is 1. The molecular weight excluding hydrogens is 330 g/mol. The first kappa shape index (κ1) is 17.9. The highest BCUT2D eigenvalue weighted by Gasteiger charge is 2.29. The van der Waals surface area contributed by atoms with Crippen molar-refractivity contribution in [3.05, 3.63) is 65.5 Å². The summed E-state index contributed by atoms with van der Waals surface area (Å²) in [6, 6.07) is 12.9. The second-order valence-electron chi connectivity index (χ2n) is 6.67. The van der Waals surface area contributed by atoms with E-state index in [1.807, 2.05) is 49.4 Å².